The van der Waals surface area contributed by atoms with Crippen LogP contribution in [-0.2, 0) is 20.7 Å². The largest absolute Gasteiger partial charge is 0.466 e. The van der Waals surface area contributed by atoms with Crippen molar-refractivity contribution in [2.24, 2.45) is 0 Å². The zero-order valence-corrected chi connectivity index (χ0v) is 12.8. The molecule has 0 aliphatic heterocycles. The molecule has 0 bridgehead atoms. The van der Waals surface area contributed by atoms with Gasteiger partial charge in [0, 0.05) is 19.0 Å². The number of aromatic nitrogens is 1. The molecular weight excluding hydrogens is 264 g/mol. The second-order valence-electron chi connectivity index (χ2n) is 4.44. The van der Waals surface area contributed by atoms with E-state index in [-0.39, 0.29) is 18.5 Å². The van der Waals surface area contributed by atoms with Crippen molar-refractivity contribution in [2.75, 3.05) is 31.7 Å². The van der Waals surface area contributed by atoms with Gasteiger partial charge in [0.1, 0.15) is 0 Å². The molecule has 1 heterocycles. The lowest BCUT2D eigenvalue weighted by Gasteiger charge is -2.16. The average Bonchev–Trinajstić information content (AvgIpc) is 2.77. The number of thiazole rings is 1. The van der Waals surface area contributed by atoms with Crippen LogP contribution >= 0.6 is 11.3 Å². The SMILES string of the molecule is CCOC(=O)Cc1csc(N(C)CCOC(C)C)n1. The summed E-state index contributed by atoms with van der Waals surface area (Å²) in [5.41, 5.74) is 0.759. The maximum Gasteiger partial charge on any atom is 0.311 e. The van der Waals surface area contributed by atoms with Crippen LogP contribution in [0.25, 0.3) is 0 Å². The molecule has 5 nitrogen and oxygen atoms in total. The van der Waals surface area contributed by atoms with Gasteiger partial charge in [-0.2, -0.15) is 0 Å². The van der Waals surface area contributed by atoms with Crippen molar-refractivity contribution in [1.82, 2.24) is 4.98 Å². The third-order valence-electron chi connectivity index (χ3n) is 2.37. The highest BCUT2D eigenvalue weighted by molar-refractivity contribution is 7.13. The van der Waals surface area contributed by atoms with Crippen molar-refractivity contribution < 1.29 is 14.3 Å². The molecule has 0 saturated heterocycles. The van der Waals surface area contributed by atoms with Gasteiger partial charge in [-0.25, -0.2) is 4.98 Å². The number of ether oxygens (including phenoxy) is 2. The second-order valence-corrected chi connectivity index (χ2v) is 5.28. The summed E-state index contributed by atoms with van der Waals surface area (Å²) in [6.07, 6.45) is 0.477. The van der Waals surface area contributed by atoms with E-state index in [1.54, 1.807) is 6.92 Å². The van der Waals surface area contributed by atoms with Crippen molar-refractivity contribution in [3.05, 3.63) is 11.1 Å². The Kier molecular flexibility index (Phi) is 6.80. The third kappa shape index (κ3) is 6.02. The zero-order valence-electron chi connectivity index (χ0n) is 12.0. The van der Waals surface area contributed by atoms with Crippen LogP contribution in [0, 0.1) is 0 Å². The molecule has 0 fully saturated rings. The molecule has 19 heavy (non-hydrogen) atoms. The molecule has 0 atom stereocenters. The summed E-state index contributed by atoms with van der Waals surface area (Å²) in [5.74, 6) is -0.231. The zero-order chi connectivity index (χ0) is 14.3. The summed E-state index contributed by atoms with van der Waals surface area (Å²) in [5, 5.41) is 2.79. The minimum absolute atomic E-state index is 0.231. The summed E-state index contributed by atoms with van der Waals surface area (Å²) in [6, 6.07) is 0. The van der Waals surface area contributed by atoms with Gasteiger partial charge < -0.3 is 14.4 Å². The van der Waals surface area contributed by atoms with E-state index in [9.17, 15) is 4.79 Å². The number of carbonyl (C=O) groups excluding carboxylic acids is 1. The Morgan fingerprint density at radius 2 is 2.26 bits per heavy atom. The molecule has 0 amide bonds. The Morgan fingerprint density at radius 1 is 1.53 bits per heavy atom. The number of anilines is 1. The van der Waals surface area contributed by atoms with Gasteiger partial charge in [-0.3, -0.25) is 4.79 Å². The van der Waals surface area contributed by atoms with Gasteiger partial charge >= 0.3 is 5.97 Å². The van der Waals surface area contributed by atoms with Crippen LogP contribution in [0.5, 0.6) is 0 Å². The van der Waals surface area contributed by atoms with Crippen LogP contribution in [0.15, 0.2) is 5.38 Å². The molecule has 0 radical (unpaired) electrons. The molecule has 0 aromatic carbocycles. The summed E-state index contributed by atoms with van der Waals surface area (Å²) in [7, 11) is 1.97. The first-order chi connectivity index (χ1) is 9.02. The number of hydrogen-bond acceptors (Lipinski definition) is 6. The number of nitrogens with zero attached hydrogens (tertiary/aromatic N) is 2. The highest BCUT2D eigenvalue weighted by Crippen LogP contribution is 2.19. The normalized spacial score (nSPS) is 10.8. The van der Waals surface area contributed by atoms with E-state index in [4.69, 9.17) is 9.47 Å². The molecule has 0 unspecified atom stereocenters. The molecule has 1 rings (SSSR count). The summed E-state index contributed by atoms with van der Waals surface area (Å²) in [6.45, 7) is 7.68. The van der Waals surface area contributed by atoms with Crippen molar-refractivity contribution in [2.45, 2.75) is 33.3 Å². The Hall–Kier alpha value is -1.14. The van der Waals surface area contributed by atoms with Gasteiger partial charge in [-0.05, 0) is 20.8 Å². The van der Waals surface area contributed by atoms with Crippen LogP contribution in [-0.4, -0.2) is 43.9 Å². The second kappa shape index (κ2) is 8.12. The lowest BCUT2D eigenvalue weighted by atomic mass is 10.3. The maximum absolute atomic E-state index is 11.3. The Bertz CT molecular complexity index is 393. The van der Waals surface area contributed by atoms with Gasteiger partial charge in [-0.15, -0.1) is 11.3 Å². The minimum Gasteiger partial charge on any atom is -0.466 e. The van der Waals surface area contributed by atoms with Gasteiger partial charge in [-0.1, -0.05) is 0 Å². The summed E-state index contributed by atoms with van der Waals surface area (Å²) < 4.78 is 10.4. The Balaban J connectivity index is 2.42. The van der Waals surface area contributed by atoms with E-state index in [1.165, 1.54) is 11.3 Å². The molecule has 0 saturated carbocycles. The lowest BCUT2D eigenvalue weighted by Crippen LogP contribution is -2.23. The van der Waals surface area contributed by atoms with E-state index >= 15 is 0 Å². The summed E-state index contributed by atoms with van der Waals surface area (Å²) >= 11 is 1.53. The number of rotatable bonds is 8. The molecule has 0 aliphatic carbocycles. The smallest absolute Gasteiger partial charge is 0.311 e. The monoisotopic (exact) mass is 286 g/mol. The Morgan fingerprint density at radius 3 is 2.89 bits per heavy atom. The molecule has 0 aliphatic rings. The first-order valence-corrected chi connectivity index (χ1v) is 7.33. The van der Waals surface area contributed by atoms with Crippen LogP contribution in [0.3, 0.4) is 0 Å². The fraction of sp³-hybridized carbons (Fsp3) is 0.692. The molecule has 0 N–H and O–H groups in total. The summed E-state index contributed by atoms with van der Waals surface area (Å²) in [4.78, 5) is 17.8. The van der Waals surface area contributed by atoms with E-state index in [0.717, 1.165) is 17.4 Å². The van der Waals surface area contributed by atoms with Gasteiger partial charge in [0.15, 0.2) is 5.13 Å². The third-order valence-corrected chi connectivity index (χ3v) is 3.38. The quantitative estimate of drug-likeness (QED) is 0.685. The van der Waals surface area contributed by atoms with Gasteiger partial charge in [0.25, 0.3) is 0 Å². The minimum atomic E-state index is -0.231. The van der Waals surface area contributed by atoms with Crippen molar-refractivity contribution in [3.63, 3.8) is 0 Å². The maximum atomic E-state index is 11.3. The van der Waals surface area contributed by atoms with Crippen molar-refractivity contribution >= 4 is 22.4 Å². The van der Waals surface area contributed by atoms with E-state index in [1.807, 2.05) is 31.2 Å². The molecule has 1 aromatic heterocycles. The van der Waals surface area contributed by atoms with Gasteiger partial charge in [0.2, 0.25) is 0 Å². The number of likely N-dealkylation sites (N-methyl/N-ethyl adjacent to an activating group) is 1. The molecule has 6 heteroatoms. The molecule has 0 spiro atoms. The fourth-order valence-electron chi connectivity index (χ4n) is 1.43. The van der Waals surface area contributed by atoms with Crippen molar-refractivity contribution in [3.8, 4) is 0 Å². The molecule has 108 valence electrons. The highest BCUT2D eigenvalue weighted by atomic mass is 32.1. The van der Waals surface area contributed by atoms with Crippen LogP contribution < -0.4 is 4.90 Å². The number of hydrogen-bond donors (Lipinski definition) is 0. The first-order valence-electron chi connectivity index (χ1n) is 6.45. The highest BCUT2D eigenvalue weighted by Gasteiger charge is 2.11. The van der Waals surface area contributed by atoms with E-state index in [2.05, 4.69) is 4.98 Å². The van der Waals surface area contributed by atoms with E-state index in [0.29, 0.717) is 13.2 Å². The fourth-order valence-corrected chi connectivity index (χ4v) is 2.25. The average molecular weight is 286 g/mol. The molecule has 1 aromatic rings. The first kappa shape index (κ1) is 15.9. The predicted molar refractivity (Wildman–Crippen MR) is 76.8 cm³/mol. The Labute approximate surface area is 118 Å². The number of carbonyl (C=O) groups is 1. The standard InChI is InChI=1S/C13H22N2O3S/c1-5-17-12(16)8-11-9-19-13(14-11)15(4)6-7-18-10(2)3/h9-10H,5-8H2,1-4H3. The van der Waals surface area contributed by atoms with Crippen LogP contribution in [0.1, 0.15) is 26.5 Å². The topological polar surface area (TPSA) is 51.7 Å². The van der Waals surface area contributed by atoms with Crippen LogP contribution in [0.4, 0.5) is 5.13 Å². The van der Waals surface area contributed by atoms with Crippen molar-refractivity contribution in [1.29, 1.82) is 0 Å². The molecular formula is C13H22N2O3S. The van der Waals surface area contributed by atoms with Crippen LogP contribution in [0.2, 0.25) is 0 Å². The van der Waals surface area contributed by atoms with E-state index < -0.39 is 0 Å². The van der Waals surface area contributed by atoms with Gasteiger partial charge in [0.05, 0.1) is 31.4 Å². The number of esters is 1. The predicted octanol–water partition coefficient (Wildman–Crippen LogP) is 2.11. The lowest BCUT2D eigenvalue weighted by molar-refractivity contribution is -0.142.